The molecule has 2 nitrogen and oxygen atoms in total. The third-order valence-corrected chi connectivity index (χ3v) is 2.60. The molecule has 0 aliphatic rings. The number of ether oxygens (including phenoxy) is 1. The predicted octanol–water partition coefficient (Wildman–Crippen LogP) is 2.38. The van der Waals surface area contributed by atoms with Crippen LogP contribution >= 0.6 is 0 Å². The Bertz CT molecular complexity index is 376. The lowest BCUT2D eigenvalue weighted by Gasteiger charge is -2.24. The van der Waals surface area contributed by atoms with Crippen LogP contribution in [0.15, 0.2) is 12.1 Å². The average molecular weight is 230 g/mol. The van der Waals surface area contributed by atoms with Crippen LogP contribution in [0.4, 0.5) is 8.78 Å². The van der Waals surface area contributed by atoms with E-state index in [0.717, 1.165) is 0 Å². The summed E-state index contributed by atoms with van der Waals surface area (Å²) in [6.07, 6.45) is 0. The molecule has 0 aliphatic heterocycles. The summed E-state index contributed by atoms with van der Waals surface area (Å²) in [5.74, 6) is -1.27. The summed E-state index contributed by atoms with van der Waals surface area (Å²) < 4.78 is 32.0. The van der Waals surface area contributed by atoms with Crippen LogP contribution in [0.5, 0.6) is 0 Å². The summed E-state index contributed by atoms with van der Waals surface area (Å²) in [5, 5.41) is 9.17. The zero-order valence-corrected chi connectivity index (χ0v) is 9.68. The van der Waals surface area contributed by atoms with Gasteiger partial charge in [-0.25, -0.2) is 8.78 Å². The lowest BCUT2D eigenvalue weighted by Crippen LogP contribution is -2.24. The molecule has 0 unspecified atom stereocenters. The summed E-state index contributed by atoms with van der Waals surface area (Å²) in [7, 11) is 1.38. The molecule has 0 amide bonds. The Kier molecular flexibility index (Phi) is 3.99. The molecule has 0 spiro atoms. The van der Waals surface area contributed by atoms with E-state index in [1.807, 2.05) is 0 Å². The fourth-order valence-electron chi connectivity index (χ4n) is 1.48. The van der Waals surface area contributed by atoms with E-state index in [4.69, 9.17) is 4.74 Å². The van der Waals surface area contributed by atoms with Crippen LogP contribution in [-0.2, 0) is 16.8 Å². The Morgan fingerprint density at radius 2 is 1.94 bits per heavy atom. The molecular weight excluding hydrogens is 214 g/mol. The second kappa shape index (κ2) is 4.89. The number of hydrogen-bond acceptors (Lipinski definition) is 2. The maximum atomic E-state index is 14.0. The highest BCUT2D eigenvalue weighted by Gasteiger charge is 2.26. The Morgan fingerprint density at radius 1 is 1.31 bits per heavy atom. The fourth-order valence-corrected chi connectivity index (χ4v) is 1.48. The van der Waals surface area contributed by atoms with Gasteiger partial charge in [0.05, 0.1) is 13.2 Å². The second-order valence-corrected chi connectivity index (χ2v) is 4.36. The van der Waals surface area contributed by atoms with Crippen LogP contribution in [-0.4, -0.2) is 18.8 Å². The summed E-state index contributed by atoms with van der Waals surface area (Å²) in [6, 6.07) is 2.56. The lowest BCUT2D eigenvalue weighted by molar-refractivity contribution is 0.175. The van der Waals surface area contributed by atoms with E-state index in [2.05, 4.69) is 0 Å². The molecule has 0 bridgehead atoms. The van der Waals surface area contributed by atoms with Crippen molar-refractivity contribution in [2.24, 2.45) is 0 Å². The molecule has 0 radical (unpaired) electrons. The molecule has 0 atom stereocenters. The maximum Gasteiger partial charge on any atom is 0.135 e. The van der Waals surface area contributed by atoms with Gasteiger partial charge in [0.25, 0.3) is 0 Å². The highest BCUT2D eigenvalue weighted by molar-refractivity contribution is 5.32. The molecule has 0 heterocycles. The van der Waals surface area contributed by atoms with Gasteiger partial charge in [0.2, 0.25) is 0 Å². The number of aliphatic hydroxyl groups is 1. The Balaban J connectivity index is 3.28. The van der Waals surface area contributed by atoms with Gasteiger partial charge in [-0.3, -0.25) is 0 Å². The number of methoxy groups -OCH3 is 1. The van der Waals surface area contributed by atoms with Crippen molar-refractivity contribution < 1.29 is 18.6 Å². The number of rotatable bonds is 4. The van der Waals surface area contributed by atoms with Gasteiger partial charge in [-0.05, 0) is 11.6 Å². The van der Waals surface area contributed by atoms with Gasteiger partial charge >= 0.3 is 0 Å². The Hall–Kier alpha value is -1.00. The molecule has 0 saturated heterocycles. The Morgan fingerprint density at radius 3 is 2.44 bits per heavy atom. The van der Waals surface area contributed by atoms with Gasteiger partial charge in [-0.1, -0.05) is 19.9 Å². The standard InChI is InChI=1S/C12H16F2O2/c1-12(2,7-15)9-4-5-10(13)8(6-16-3)11(9)14/h4-5,15H,6-7H2,1-3H3. The lowest BCUT2D eigenvalue weighted by atomic mass is 9.84. The van der Waals surface area contributed by atoms with E-state index in [1.165, 1.54) is 19.2 Å². The quantitative estimate of drug-likeness (QED) is 0.860. The normalized spacial score (nSPS) is 11.9. The first-order valence-corrected chi connectivity index (χ1v) is 5.01. The zero-order valence-electron chi connectivity index (χ0n) is 9.68. The van der Waals surface area contributed by atoms with Crippen molar-refractivity contribution in [2.45, 2.75) is 25.9 Å². The van der Waals surface area contributed by atoms with Crippen LogP contribution in [0.2, 0.25) is 0 Å². The summed E-state index contributed by atoms with van der Waals surface area (Å²) in [4.78, 5) is 0. The van der Waals surface area contributed by atoms with Gasteiger partial charge in [-0.15, -0.1) is 0 Å². The first-order valence-electron chi connectivity index (χ1n) is 5.01. The SMILES string of the molecule is COCc1c(F)ccc(C(C)(C)CO)c1F. The van der Waals surface area contributed by atoms with Crippen molar-refractivity contribution in [3.63, 3.8) is 0 Å². The highest BCUT2D eigenvalue weighted by atomic mass is 19.1. The number of halogens is 2. The van der Waals surface area contributed by atoms with Crippen molar-refractivity contribution in [2.75, 3.05) is 13.7 Å². The topological polar surface area (TPSA) is 29.5 Å². The molecule has 1 N–H and O–H groups in total. The first-order chi connectivity index (χ1) is 7.44. The number of benzene rings is 1. The third kappa shape index (κ3) is 2.39. The smallest absolute Gasteiger partial charge is 0.135 e. The van der Waals surface area contributed by atoms with Crippen molar-refractivity contribution in [1.29, 1.82) is 0 Å². The van der Waals surface area contributed by atoms with Crippen LogP contribution < -0.4 is 0 Å². The van der Waals surface area contributed by atoms with E-state index in [1.54, 1.807) is 13.8 Å². The van der Waals surface area contributed by atoms with E-state index >= 15 is 0 Å². The molecule has 4 heteroatoms. The highest BCUT2D eigenvalue weighted by Crippen LogP contribution is 2.28. The maximum absolute atomic E-state index is 14.0. The van der Waals surface area contributed by atoms with E-state index in [0.29, 0.717) is 5.56 Å². The molecule has 1 aromatic rings. The molecule has 1 rings (SSSR count). The average Bonchev–Trinajstić information content (AvgIpc) is 2.23. The van der Waals surface area contributed by atoms with Gasteiger partial charge in [0.15, 0.2) is 0 Å². The Labute approximate surface area is 93.9 Å². The van der Waals surface area contributed by atoms with Gasteiger partial charge in [0, 0.05) is 18.1 Å². The zero-order chi connectivity index (χ0) is 12.3. The molecule has 0 aliphatic carbocycles. The molecule has 0 saturated carbocycles. The molecule has 0 fully saturated rings. The largest absolute Gasteiger partial charge is 0.395 e. The minimum absolute atomic E-state index is 0.0958. The third-order valence-electron chi connectivity index (χ3n) is 2.60. The summed E-state index contributed by atoms with van der Waals surface area (Å²) in [5.41, 5.74) is -0.537. The molecule has 1 aromatic carbocycles. The number of aliphatic hydroxyl groups excluding tert-OH is 1. The monoisotopic (exact) mass is 230 g/mol. The minimum Gasteiger partial charge on any atom is -0.395 e. The fraction of sp³-hybridized carbons (Fsp3) is 0.500. The van der Waals surface area contributed by atoms with Gasteiger partial charge < -0.3 is 9.84 Å². The van der Waals surface area contributed by atoms with E-state index < -0.39 is 17.0 Å². The summed E-state index contributed by atoms with van der Waals surface area (Å²) >= 11 is 0. The van der Waals surface area contributed by atoms with Gasteiger partial charge in [0.1, 0.15) is 11.6 Å². The van der Waals surface area contributed by atoms with Crippen molar-refractivity contribution in [3.05, 3.63) is 34.9 Å². The van der Waals surface area contributed by atoms with Crippen molar-refractivity contribution in [3.8, 4) is 0 Å². The van der Waals surface area contributed by atoms with Crippen molar-refractivity contribution >= 4 is 0 Å². The molecule has 0 aromatic heterocycles. The number of hydrogen-bond donors (Lipinski definition) is 1. The summed E-state index contributed by atoms with van der Waals surface area (Å²) in [6.45, 7) is 3.06. The van der Waals surface area contributed by atoms with E-state index in [9.17, 15) is 13.9 Å². The van der Waals surface area contributed by atoms with Gasteiger partial charge in [-0.2, -0.15) is 0 Å². The van der Waals surface area contributed by atoms with Crippen LogP contribution in [0.25, 0.3) is 0 Å². The van der Waals surface area contributed by atoms with Crippen LogP contribution in [0.3, 0.4) is 0 Å². The molecule has 16 heavy (non-hydrogen) atoms. The first kappa shape index (κ1) is 13.1. The van der Waals surface area contributed by atoms with Crippen molar-refractivity contribution in [1.82, 2.24) is 0 Å². The minimum atomic E-state index is -0.736. The van der Waals surface area contributed by atoms with E-state index in [-0.39, 0.29) is 18.8 Å². The molecule has 90 valence electrons. The van der Waals surface area contributed by atoms with Crippen LogP contribution in [0.1, 0.15) is 25.0 Å². The molecular formula is C12H16F2O2. The van der Waals surface area contributed by atoms with Crippen LogP contribution in [0, 0.1) is 11.6 Å². The predicted molar refractivity (Wildman–Crippen MR) is 57.2 cm³/mol. The second-order valence-electron chi connectivity index (χ2n) is 4.36.